The molecule has 94 valence electrons. The molecule has 0 bridgehead atoms. The summed E-state index contributed by atoms with van der Waals surface area (Å²) in [5.41, 5.74) is 8.85. The van der Waals surface area contributed by atoms with Crippen molar-refractivity contribution in [2.75, 3.05) is 5.73 Å². The third-order valence-electron chi connectivity index (χ3n) is 2.85. The molecule has 2 aromatic heterocycles. The van der Waals surface area contributed by atoms with E-state index in [9.17, 15) is 4.39 Å². The number of aromatic nitrogens is 3. The predicted molar refractivity (Wildman–Crippen MR) is 71.6 cm³/mol. The molecule has 3 rings (SSSR count). The van der Waals surface area contributed by atoms with E-state index in [4.69, 9.17) is 5.73 Å². The van der Waals surface area contributed by atoms with Crippen LogP contribution in [0, 0.1) is 5.82 Å². The van der Waals surface area contributed by atoms with Crippen LogP contribution in [0.1, 0.15) is 0 Å². The molecule has 0 spiro atoms. The van der Waals surface area contributed by atoms with Gasteiger partial charge in [0.05, 0.1) is 17.5 Å². The van der Waals surface area contributed by atoms with Crippen molar-refractivity contribution in [2.45, 2.75) is 0 Å². The Morgan fingerprint density at radius 3 is 2.58 bits per heavy atom. The number of nitrogen functional groups attached to an aromatic ring is 1. The highest BCUT2D eigenvalue weighted by Gasteiger charge is 2.15. The molecule has 0 fully saturated rings. The molecule has 19 heavy (non-hydrogen) atoms. The Labute approximate surface area is 109 Å². The summed E-state index contributed by atoms with van der Waals surface area (Å²) < 4.78 is 13.3. The molecular weight excluding hydrogens is 243 g/mol. The fourth-order valence-corrected chi connectivity index (χ4v) is 2.01. The van der Waals surface area contributed by atoms with Crippen LogP contribution in [0.5, 0.6) is 0 Å². The molecule has 0 aliphatic carbocycles. The fraction of sp³-hybridized carbons (Fsp3) is 0. The molecule has 0 amide bonds. The van der Waals surface area contributed by atoms with Gasteiger partial charge >= 0.3 is 0 Å². The Morgan fingerprint density at radius 2 is 1.84 bits per heavy atom. The van der Waals surface area contributed by atoms with Crippen LogP contribution >= 0.6 is 0 Å². The van der Waals surface area contributed by atoms with Gasteiger partial charge in [-0.05, 0) is 11.6 Å². The molecule has 0 aliphatic heterocycles. The van der Waals surface area contributed by atoms with Crippen LogP contribution in [0.2, 0.25) is 0 Å². The van der Waals surface area contributed by atoms with Gasteiger partial charge in [0.25, 0.3) is 0 Å². The smallest absolute Gasteiger partial charge is 0.153 e. The first-order valence-electron chi connectivity index (χ1n) is 5.76. The third-order valence-corrected chi connectivity index (χ3v) is 2.85. The molecule has 4 nitrogen and oxygen atoms in total. The molecule has 0 saturated carbocycles. The average Bonchev–Trinajstić information content (AvgIpc) is 2.82. The lowest BCUT2D eigenvalue weighted by molar-refractivity contribution is 0.622. The summed E-state index contributed by atoms with van der Waals surface area (Å²) >= 11 is 0. The molecule has 3 aromatic rings. The molecule has 0 unspecified atom stereocenters. The normalized spacial score (nSPS) is 10.6. The number of aromatic amines is 1. The highest BCUT2D eigenvalue weighted by molar-refractivity contribution is 5.87. The van der Waals surface area contributed by atoms with Gasteiger partial charge in [0.2, 0.25) is 0 Å². The zero-order chi connectivity index (χ0) is 13.2. The number of halogens is 1. The lowest BCUT2D eigenvalue weighted by atomic mass is 10.0. The number of pyridine rings is 1. The molecule has 2 heterocycles. The van der Waals surface area contributed by atoms with E-state index in [0.717, 1.165) is 17.3 Å². The number of nitrogens with one attached hydrogen (secondary N) is 1. The van der Waals surface area contributed by atoms with Gasteiger partial charge in [0.1, 0.15) is 5.82 Å². The molecule has 5 heteroatoms. The topological polar surface area (TPSA) is 67.6 Å². The molecule has 0 atom stereocenters. The standard InChI is InChI=1S/C14H11FN4/c15-11-6-10(7-17-8-11)13-12(14(16)19-18-13)9-4-2-1-3-5-9/h1-8H,(H3,16,18,19). The number of anilines is 1. The largest absolute Gasteiger partial charge is 0.382 e. The number of benzene rings is 1. The van der Waals surface area contributed by atoms with Gasteiger partial charge in [-0.3, -0.25) is 10.1 Å². The number of H-pyrrole nitrogens is 1. The van der Waals surface area contributed by atoms with E-state index >= 15 is 0 Å². The first-order chi connectivity index (χ1) is 9.25. The number of hydrogen-bond donors (Lipinski definition) is 2. The van der Waals surface area contributed by atoms with Crippen molar-refractivity contribution in [1.29, 1.82) is 0 Å². The van der Waals surface area contributed by atoms with Crippen molar-refractivity contribution in [1.82, 2.24) is 15.2 Å². The fourth-order valence-electron chi connectivity index (χ4n) is 2.01. The van der Waals surface area contributed by atoms with Crippen molar-refractivity contribution in [3.8, 4) is 22.4 Å². The first-order valence-corrected chi connectivity index (χ1v) is 5.76. The van der Waals surface area contributed by atoms with Gasteiger partial charge < -0.3 is 5.73 Å². The molecule has 3 N–H and O–H groups in total. The van der Waals surface area contributed by atoms with E-state index in [-0.39, 0.29) is 0 Å². The van der Waals surface area contributed by atoms with Gasteiger partial charge in [-0.25, -0.2) is 4.39 Å². The van der Waals surface area contributed by atoms with Crippen LogP contribution in [-0.2, 0) is 0 Å². The Hall–Kier alpha value is -2.69. The van der Waals surface area contributed by atoms with Crippen molar-refractivity contribution in [3.63, 3.8) is 0 Å². The molecule has 0 aliphatic rings. The summed E-state index contributed by atoms with van der Waals surface area (Å²) in [5, 5.41) is 6.84. The van der Waals surface area contributed by atoms with Gasteiger partial charge in [0, 0.05) is 11.8 Å². The van der Waals surface area contributed by atoms with Crippen molar-refractivity contribution < 1.29 is 4.39 Å². The minimum atomic E-state index is -0.398. The van der Waals surface area contributed by atoms with Gasteiger partial charge in [-0.2, -0.15) is 5.10 Å². The van der Waals surface area contributed by atoms with Crippen molar-refractivity contribution in [3.05, 3.63) is 54.6 Å². The summed E-state index contributed by atoms with van der Waals surface area (Å²) in [6.07, 6.45) is 2.73. The second-order valence-electron chi connectivity index (χ2n) is 4.12. The molecule has 1 aromatic carbocycles. The maximum Gasteiger partial charge on any atom is 0.153 e. The van der Waals surface area contributed by atoms with Crippen LogP contribution in [0.25, 0.3) is 22.4 Å². The number of rotatable bonds is 2. The van der Waals surface area contributed by atoms with Crippen LogP contribution < -0.4 is 5.73 Å². The highest BCUT2D eigenvalue weighted by atomic mass is 19.1. The maximum absolute atomic E-state index is 13.3. The minimum Gasteiger partial charge on any atom is -0.382 e. The summed E-state index contributed by atoms with van der Waals surface area (Å²) in [6.45, 7) is 0. The zero-order valence-electron chi connectivity index (χ0n) is 9.97. The van der Waals surface area contributed by atoms with Crippen LogP contribution in [0.3, 0.4) is 0 Å². The van der Waals surface area contributed by atoms with E-state index < -0.39 is 5.82 Å². The molecule has 0 saturated heterocycles. The maximum atomic E-state index is 13.3. The van der Waals surface area contributed by atoms with E-state index in [2.05, 4.69) is 15.2 Å². The van der Waals surface area contributed by atoms with Gasteiger partial charge in [-0.1, -0.05) is 30.3 Å². The van der Waals surface area contributed by atoms with Crippen molar-refractivity contribution >= 4 is 5.82 Å². The summed E-state index contributed by atoms with van der Waals surface area (Å²) in [4.78, 5) is 3.84. The monoisotopic (exact) mass is 254 g/mol. The lowest BCUT2D eigenvalue weighted by Crippen LogP contribution is -1.89. The summed E-state index contributed by atoms with van der Waals surface area (Å²) in [7, 11) is 0. The van der Waals surface area contributed by atoms with Crippen molar-refractivity contribution in [2.24, 2.45) is 0 Å². The van der Waals surface area contributed by atoms with E-state index in [1.54, 1.807) is 6.20 Å². The number of nitrogens with zero attached hydrogens (tertiary/aromatic N) is 2. The second kappa shape index (κ2) is 4.53. The zero-order valence-corrected chi connectivity index (χ0v) is 9.97. The van der Waals surface area contributed by atoms with E-state index in [1.165, 1.54) is 6.07 Å². The summed E-state index contributed by atoms with van der Waals surface area (Å²) in [6, 6.07) is 11.0. The predicted octanol–water partition coefficient (Wildman–Crippen LogP) is 2.86. The highest BCUT2D eigenvalue weighted by Crippen LogP contribution is 2.34. The molecule has 0 radical (unpaired) electrons. The Kier molecular flexibility index (Phi) is 2.72. The Balaban J connectivity index is 2.19. The first kappa shape index (κ1) is 11.4. The Bertz CT molecular complexity index is 706. The molecular formula is C14H11FN4. The van der Waals surface area contributed by atoms with Crippen LogP contribution in [0.4, 0.5) is 10.2 Å². The third kappa shape index (κ3) is 2.06. The number of nitrogens with two attached hydrogens (primary N) is 1. The SMILES string of the molecule is Nc1n[nH]c(-c2cncc(F)c2)c1-c1ccccc1. The van der Waals surface area contributed by atoms with Gasteiger partial charge in [-0.15, -0.1) is 0 Å². The van der Waals surface area contributed by atoms with Gasteiger partial charge in [0.15, 0.2) is 5.82 Å². The van der Waals surface area contributed by atoms with E-state index in [0.29, 0.717) is 17.1 Å². The minimum absolute atomic E-state index is 0.380. The number of hydrogen-bond acceptors (Lipinski definition) is 3. The van der Waals surface area contributed by atoms with Crippen LogP contribution in [-0.4, -0.2) is 15.2 Å². The average molecular weight is 254 g/mol. The Morgan fingerprint density at radius 1 is 1.05 bits per heavy atom. The van der Waals surface area contributed by atoms with Crippen LogP contribution in [0.15, 0.2) is 48.8 Å². The summed E-state index contributed by atoms with van der Waals surface area (Å²) in [5.74, 6) is -0.0184. The second-order valence-corrected chi connectivity index (χ2v) is 4.12. The lowest BCUT2D eigenvalue weighted by Gasteiger charge is -2.04. The van der Waals surface area contributed by atoms with E-state index in [1.807, 2.05) is 30.3 Å². The quantitative estimate of drug-likeness (QED) is 0.738.